The fourth-order valence-electron chi connectivity index (χ4n) is 3.73. The highest BCUT2D eigenvalue weighted by atomic mass is 19.1. The molecule has 144 valence electrons. The minimum Gasteiger partial charge on any atom is -0.341 e. The molecule has 1 aromatic heterocycles. The van der Waals surface area contributed by atoms with Crippen LogP contribution in [0.2, 0.25) is 0 Å². The van der Waals surface area contributed by atoms with Crippen LogP contribution < -0.4 is 0 Å². The summed E-state index contributed by atoms with van der Waals surface area (Å²) in [6.07, 6.45) is 4.83. The monoisotopic (exact) mass is 369 g/mol. The Morgan fingerprint density at radius 1 is 1.19 bits per heavy atom. The number of carbonyl (C=O) groups is 1. The maximum atomic E-state index is 13.2. The highest BCUT2D eigenvalue weighted by molar-refractivity contribution is 5.78. The molecule has 1 aliphatic heterocycles. The molecule has 1 fully saturated rings. The van der Waals surface area contributed by atoms with Gasteiger partial charge in [0, 0.05) is 44.6 Å². The largest absolute Gasteiger partial charge is 0.341 e. The number of nitrogens with zero attached hydrogens (tertiary/aromatic N) is 3. The van der Waals surface area contributed by atoms with Crippen LogP contribution in [0.25, 0.3) is 0 Å². The van der Waals surface area contributed by atoms with Crippen molar-refractivity contribution in [1.82, 2.24) is 14.8 Å². The maximum Gasteiger partial charge on any atom is 0.227 e. The number of rotatable bonds is 5. The number of amides is 1. The Hall–Kier alpha value is -2.27. The molecule has 4 nitrogen and oxygen atoms in total. The summed E-state index contributed by atoms with van der Waals surface area (Å²) >= 11 is 0. The normalized spacial score (nSPS) is 18.5. The lowest BCUT2D eigenvalue weighted by atomic mass is 10.0. The quantitative estimate of drug-likeness (QED) is 0.809. The van der Waals surface area contributed by atoms with Gasteiger partial charge in [0.15, 0.2) is 0 Å². The van der Waals surface area contributed by atoms with E-state index >= 15 is 0 Å². The van der Waals surface area contributed by atoms with E-state index < -0.39 is 0 Å². The number of aromatic nitrogens is 1. The molecule has 2 heterocycles. The van der Waals surface area contributed by atoms with Crippen LogP contribution in [0.5, 0.6) is 0 Å². The summed E-state index contributed by atoms with van der Waals surface area (Å²) in [6, 6.07) is 10.8. The van der Waals surface area contributed by atoms with E-state index in [2.05, 4.69) is 23.7 Å². The molecule has 2 aromatic rings. The number of hydrogen-bond acceptors (Lipinski definition) is 3. The van der Waals surface area contributed by atoms with E-state index in [0.29, 0.717) is 12.3 Å². The summed E-state index contributed by atoms with van der Waals surface area (Å²) < 4.78 is 13.2. The number of benzene rings is 1. The molecular weight excluding hydrogens is 341 g/mol. The van der Waals surface area contributed by atoms with E-state index in [9.17, 15) is 9.18 Å². The van der Waals surface area contributed by atoms with Crippen LogP contribution in [-0.4, -0.2) is 46.4 Å². The molecule has 1 saturated heterocycles. The Morgan fingerprint density at radius 3 is 2.63 bits per heavy atom. The molecule has 3 rings (SSSR count). The maximum absolute atomic E-state index is 13.2. The van der Waals surface area contributed by atoms with Crippen molar-refractivity contribution in [3.8, 4) is 0 Å². The Labute approximate surface area is 161 Å². The molecule has 1 aromatic carbocycles. The number of pyridine rings is 1. The van der Waals surface area contributed by atoms with Crippen LogP contribution in [0, 0.1) is 11.7 Å². The molecule has 5 heteroatoms. The van der Waals surface area contributed by atoms with Crippen molar-refractivity contribution in [2.75, 3.05) is 19.6 Å². The van der Waals surface area contributed by atoms with Crippen molar-refractivity contribution in [1.29, 1.82) is 0 Å². The Kier molecular flexibility index (Phi) is 6.56. The molecule has 0 radical (unpaired) electrons. The van der Waals surface area contributed by atoms with E-state index in [4.69, 9.17) is 0 Å². The highest BCUT2D eigenvalue weighted by Crippen LogP contribution is 2.21. The lowest BCUT2D eigenvalue weighted by Crippen LogP contribution is -2.45. The van der Waals surface area contributed by atoms with Crippen molar-refractivity contribution >= 4 is 5.91 Å². The van der Waals surface area contributed by atoms with Crippen molar-refractivity contribution < 1.29 is 9.18 Å². The number of carbonyl (C=O) groups excluding carboxylic acids is 1. The Morgan fingerprint density at radius 2 is 1.96 bits per heavy atom. The van der Waals surface area contributed by atoms with Gasteiger partial charge in [-0.25, -0.2) is 4.39 Å². The van der Waals surface area contributed by atoms with E-state index in [1.165, 1.54) is 12.1 Å². The topological polar surface area (TPSA) is 36.4 Å². The summed E-state index contributed by atoms with van der Waals surface area (Å²) in [6.45, 7) is 7.65. The standard InChI is InChI=1S/C22H28FN3O/c1-17(2)21-16-26(22(27)13-19-5-3-10-24-14-19)12-4-11-25(21)15-18-6-8-20(23)9-7-18/h3,5-10,14,17,21H,4,11-13,15-16H2,1-2H3. The van der Waals surface area contributed by atoms with Crippen LogP contribution in [0.1, 0.15) is 31.4 Å². The van der Waals surface area contributed by atoms with Crippen LogP contribution >= 0.6 is 0 Å². The minimum absolute atomic E-state index is 0.164. The predicted octanol–water partition coefficient (Wildman–Crippen LogP) is 3.52. The van der Waals surface area contributed by atoms with E-state index in [1.54, 1.807) is 12.4 Å². The van der Waals surface area contributed by atoms with Crippen LogP contribution in [0.15, 0.2) is 48.8 Å². The van der Waals surface area contributed by atoms with Gasteiger partial charge in [-0.3, -0.25) is 14.7 Å². The van der Waals surface area contributed by atoms with Gasteiger partial charge in [0.05, 0.1) is 6.42 Å². The molecule has 0 N–H and O–H groups in total. The van der Waals surface area contributed by atoms with Crippen LogP contribution in [0.3, 0.4) is 0 Å². The second-order valence-corrected chi connectivity index (χ2v) is 7.64. The lowest BCUT2D eigenvalue weighted by Gasteiger charge is -2.34. The van der Waals surface area contributed by atoms with Crippen molar-refractivity contribution in [2.45, 2.75) is 39.3 Å². The van der Waals surface area contributed by atoms with E-state index in [0.717, 1.165) is 43.7 Å². The van der Waals surface area contributed by atoms with Crippen molar-refractivity contribution in [3.63, 3.8) is 0 Å². The molecule has 1 aliphatic rings. The number of halogens is 1. The number of hydrogen-bond donors (Lipinski definition) is 0. The Bertz CT molecular complexity index is 733. The first kappa shape index (κ1) is 19.5. The van der Waals surface area contributed by atoms with Gasteiger partial charge in [-0.1, -0.05) is 32.0 Å². The summed E-state index contributed by atoms with van der Waals surface area (Å²) in [4.78, 5) is 21.4. The van der Waals surface area contributed by atoms with Gasteiger partial charge in [-0.15, -0.1) is 0 Å². The summed E-state index contributed by atoms with van der Waals surface area (Å²) in [5.41, 5.74) is 2.06. The van der Waals surface area contributed by atoms with E-state index in [-0.39, 0.29) is 17.8 Å². The second kappa shape index (κ2) is 9.09. The predicted molar refractivity (Wildman–Crippen MR) is 105 cm³/mol. The molecule has 0 bridgehead atoms. The fraction of sp³-hybridized carbons (Fsp3) is 0.455. The van der Waals surface area contributed by atoms with Crippen LogP contribution in [0.4, 0.5) is 4.39 Å². The smallest absolute Gasteiger partial charge is 0.227 e. The summed E-state index contributed by atoms with van der Waals surface area (Å²) in [5.74, 6) is 0.386. The van der Waals surface area contributed by atoms with Gasteiger partial charge >= 0.3 is 0 Å². The van der Waals surface area contributed by atoms with Gasteiger partial charge in [-0.2, -0.15) is 0 Å². The van der Waals surface area contributed by atoms with Crippen molar-refractivity contribution in [3.05, 3.63) is 65.7 Å². The third-order valence-electron chi connectivity index (χ3n) is 5.25. The first-order chi connectivity index (χ1) is 13.0. The average molecular weight is 369 g/mol. The molecule has 27 heavy (non-hydrogen) atoms. The zero-order valence-corrected chi connectivity index (χ0v) is 16.1. The molecule has 0 saturated carbocycles. The Balaban J connectivity index is 1.68. The average Bonchev–Trinajstić information content (AvgIpc) is 2.87. The molecule has 1 amide bonds. The van der Waals surface area contributed by atoms with Crippen LogP contribution in [-0.2, 0) is 17.8 Å². The summed E-state index contributed by atoms with van der Waals surface area (Å²) in [7, 11) is 0. The second-order valence-electron chi connectivity index (χ2n) is 7.64. The fourth-order valence-corrected chi connectivity index (χ4v) is 3.73. The zero-order valence-electron chi connectivity index (χ0n) is 16.1. The van der Waals surface area contributed by atoms with Crippen molar-refractivity contribution in [2.24, 2.45) is 5.92 Å². The minimum atomic E-state index is -0.206. The van der Waals surface area contributed by atoms with E-state index in [1.807, 2.05) is 29.2 Å². The van der Waals surface area contributed by atoms with Gasteiger partial charge in [-0.05, 0) is 41.7 Å². The molecule has 0 spiro atoms. The first-order valence-corrected chi connectivity index (χ1v) is 9.68. The molecule has 1 unspecified atom stereocenters. The zero-order chi connectivity index (χ0) is 19.2. The molecule has 1 atom stereocenters. The van der Waals surface area contributed by atoms with Gasteiger partial charge < -0.3 is 4.90 Å². The third kappa shape index (κ3) is 5.36. The first-order valence-electron chi connectivity index (χ1n) is 9.68. The van der Waals surface area contributed by atoms with Gasteiger partial charge in [0.1, 0.15) is 5.82 Å². The lowest BCUT2D eigenvalue weighted by molar-refractivity contribution is -0.131. The van der Waals surface area contributed by atoms with Gasteiger partial charge in [0.2, 0.25) is 5.91 Å². The third-order valence-corrected chi connectivity index (χ3v) is 5.25. The summed E-state index contributed by atoms with van der Waals surface area (Å²) in [5, 5.41) is 0. The highest BCUT2D eigenvalue weighted by Gasteiger charge is 2.29. The SMILES string of the molecule is CC(C)C1CN(C(=O)Cc2cccnc2)CCCN1Cc1ccc(F)cc1. The van der Waals surface area contributed by atoms with Gasteiger partial charge in [0.25, 0.3) is 0 Å². The molecule has 0 aliphatic carbocycles. The molecular formula is C22H28FN3O.